The van der Waals surface area contributed by atoms with Crippen LogP contribution in [0.15, 0.2) is 48.5 Å². The molecule has 0 bridgehead atoms. The van der Waals surface area contributed by atoms with E-state index in [0.717, 1.165) is 22.9 Å². The minimum absolute atomic E-state index is 0.0412. The lowest BCUT2D eigenvalue weighted by Crippen LogP contribution is -2.26. The average Bonchev–Trinajstić information content (AvgIpc) is 2.66. The maximum atomic E-state index is 5.97. The zero-order valence-electron chi connectivity index (χ0n) is 18.6. The van der Waals surface area contributed by atoms with Gasteiger partial charge in [0.15, 0.2) is 0 Å². The first kappa shape index (κ1) is 23.0. The maximum Gasteiger partial charge on any atom is 0.121 e. The third kappa shape index (κ3) is 8.34. The molecule has 1 N–H and O–H groups in total. The lowest BCUT2D eigenvalue weighted by molar-refractivity contribution is 0.0644. The Bertz CT molecular complexity index is 695. The standard InChI is InChI=1S/C24H35NO4/c1-23(2,15-26-5)17-28-21-11-7-9-19(13-21)25-20-10-8-12-22(14-20)29-18-24(3,4)16-27-6/h7-14,25H,15-18H2,1-6H3. The van der Waals surface area contributed by atoms with E-state index >= 15 is 0 Å². The molecular weight excluding hydrogens is 366 g/mol. The van der Waals surface area contributed by atoms with Crippen molar-refractivity contribution in [2.45, 2.75) is 27.7 Å². The molecule has 0 saturated heterocycles. The number of benzene rings is 2. The lowest BCUT2D eigenvalue weighted by atomic mass is 9.96. The molecule has 5 heteroatoms. The Morgan fingerprint density at radius 1 is 0.655 bits per heavy atom. The predicted octanol–water partition coefficient (Wildman–Crippen LogP) is 5.53. The van der Waals surface area contributed by atoms with Gasteiger partial charge < -0.3 is 24.3 Å². The second-order valence-electron chi connectivity index (χ2n) is 8.95. The van der Waals surface area contributed by atoms with Gasteiger partial charge in [-0.2, -0.15) is 0 Å². The summed E-state index contributed by atoms with van der Waals surface area (Å²) in [5.74, 6) is 1.65. The molecule has 0 spiro atoms. The smallest absolute Gasteiger partial charge is 0.121 e. The summed E-state index contributed by atoms with van der Waals surface area (Å²) in [6, 6.07) is 15.9. The second-order valence-corrected chi connectivity index (χ2v) is 8.95. The average molecular weight is 402 g/mol. The van der Waals surface area contributed by atoms with Crippen LogP contribution in [0.1, 0.15) is 27.7 Å². The van der Waals surface area contributed by atoms with E-state index in [0.29, 0.717) is 26.4 Å². The summed E-state index contributed by atoms with van der Waals surface area (Å²) in [6.45, 7) is 11.0. The molecule has 29 heavy (non-hydrogen) atoms. The van der Waals surface area contributed by atoms with Crippen LogP contribution in [0.2, 0.25) is 0 Å². The fourth-order valence-corrected chi connectivity index (χ4v) is 2.92. The van der Waals surface area contributed by atoms with E-state index in [-0.39, 0.29) is 10.8 Å². The number of anilines is 2. The van der Waals surface area contributed by atoms with E-state index < -0.39 is 0 Å². The van der Waals surface area contributed by atoms with Crippen LogP contribution in [0.5, 0.6) is 11.5 Å². The summed E-state index contributed by atoms with van der Waals surface area (Å²) in [5.41, 5.74) is 1.84. The number of ether oxygens (including phenoxy) is 4. The normalized spacial score (nSPS) is 11.9. The molecule has 2 aromatic rings. The number of hydrogen-bond acceptors (Lipinski definition) is 5. The van der Waals surface area contributed by atoms with Gasteiger partial charge in [0.2, 0.25) is 0 Å². The third-order valence-electron chi connectivity index (χ3n) is 4.29. The third-order valence-corrected chi connectivity index (χ3v) is 4.29. The number of methoxy groups -OCH3 is 2. The van der Waals surface area contributed by atoms with E-state index in [1.54, 1.807) is 14.2 Å². The highest BCUT2D eigenvalue weighted by molar-refractivity contribution is 5.62. The summed E-state index contributed by atoms with van der Waals surface area (Å²) in [6.07, 6.45) is 0. The molecule has 0 aromatic heterocycles. The highest BCUT2D eigenvalue weighted by Gasteiger charge is 2.19. The fourth-order valence-electron chi connectivity index (χ4n) is 2.92. The zero-order valence-corrected chi connectivity index (χ0v) is 18.6. The highest BCUT2D eigenvalue weighted by Crippen LogP contribution is 2.26. The van der Waals surface area contributed by atoms with Crippen molar-refractivity contribution < 1.29 is 18.9 Å². The predicted molar refractivity (Wildman–Crippen MR) is 118 cm³/mol. The molecule has 0 aliphatic heterocycles. The molecule has 0 amide bonds. The minimum Gasteiger partial charge on any atom is -0.493 e. The van der Waals surface area contributed by atoms with E-state index in [4.69, 9.17) is 18.9 Å². The molecule has 2 rings (SSSR count). The molecule has 0 fully saturated rings. The van der Waals surface area contributed by atoms with Crippen LogP contribution in [0.3, 0.4) is 0 Å². The summed E-state index contributed by atoms with van der Waals surface area (Å²) >= 11 is 0. The molecular formula is C24H35NO4. The van der Waals surface area contributed by atoms with Gasteiger partial charge in [-0.15, -0.1) is 0 Å². The van der Waals surface area contributed by atoms with Crippen molar-refractivity contribution in [2.24, 2.45) is 10.8 Å². The zero-order chi connectivity index (χ0) is 21.3. The first-order valence-corrected chi connectivity index (χ1v) is 9.94. The molecule has 0 heterocycles. The molecule has 0 atom stereocenters. The SMILES string of the molecule is COCC(C)(C)COc1cccc(Nc2cccc(OCC(C)(C)COC)c2)c1. The number of hydrogen-bond donors (Lipinski definition) is 1. The van der Waals surface area contributed by atoms with Crippen molar-refractivity contribution >= 4 is 11.4 Å². The molecule has 0 unspecified atom stereocenters. The maximum absolute atomic E-state index is 5.97. The van der Waals surface area contributed by atoms with Crippen LogP contribution in [0.25, 0.3) is 0 Å². The van der Waals surface area contributed by atoms with Crippen molar-refractivity contribution in [3.63, 3.8) is 0 Å². The second kappa shape index (κ2) is 10.5. The van der Waals surface area contributed by atoms with Gasteiger partial charge in [0, 0.05) is 48.6 Å². The van der Waals surface area contributed by atoms with Crippen LogP contribution in [-0.4, -0.2) is 40.6 Å². The molecule has 0 aliphatic carbocycles. The van der Waals surface area contributed by atoms with Gasteiger partial charge in [0.05, 0.1) is 26.4 Å². The monoisotopic (exact) mass is 401 g/mol. The van der Waals surface area contributed by atoms with Crippen molar-refractivity contribution in [1.29, 1.82) is 0 Å². The van der Waals surface area contributed by atoms with Crippen molar-refractivity contribution in [1.82, 2.24) is 0 Å². The summed E-state index contributed by atoms with van der Waals surface area (Å²) < 4.78 is 22.4. The van der Waals surface area contributed by atoms with Crippen molar-refractivity contribution in [3.8, 4) is 11.5 Å². The number of nitrogens with one attached hydrogen (secondary N) is 1. The van der Waals surface area contributed by atoms with Gasteiger partial charge >= 0.3 is 0 Å². The lowest BCUT2D eigenvalue weighted by Gasteiger charge is -2.24. The van der Waals surface area contributed by atoms with Crippen LogP contribution in [-0.2, 0) is 9.47 Å². The quantitative estimate of drug-likeness (QED) is 0.506. The van der Waals surface area contributed by atoms with E-state index in [2.05, 4.69) is 33.0 Å². The molecule has 0 aliphatic rings. The van der Waals surface area contributed by atoms with Crippen LogP contribution in [0, 0.1) is 10.8 Å². The Labute approximate surface area is 175 Å². The van der Waals surface area contributed by atoms with Gasteiger partial charge in [0.1, 0.15) is 11.5 Å². The topological polar surface area (TPSA) is 49.0 Å². The Morgan fingerprint density at radius 3 is 1.45 bits per heavy atom. The fraction of sp³-hybridized carbons (Fsp3) is 0.500. The number of rotatable bonds is 12. The Balaban J connectivity index is 1.98. The molecule has 2 aromatic carbocycles. The Kier molecular flexibility index (Phi) is 8.35. The van der Waals surface area contributed by atoms with Gasteiger partial charge in [0.25, 0.3) is 0 Å². The van der Waals surface area contributed by atoms with Gasteiger partial charge in [-0.3, -0.25) is 0 Å². The minimum atomic E-state index is -0.0412. The largest absolute Gasteiger partial charge is 0.493 e. The molecule has 0 radical (unpaired) electrons. The van der Waals surface area contributed by atoms with Crippen molar-refractivity contribution in [3.05, 3.63) is 48.5 Å². The van der Waals surface area contributed by atoms with E-state index in [9.17, 15) is 0 Å². The highest BCUT2D eigenvalue weighted by atomic mass is 16.5. The molecule has 5 nitrogen and oxygen atoms in total. The van der Waals surface area contributed by atoms with Crippen LogP contribution >= 0.6 is 0 Å². The van der Waals surface area contributed by atoms with Gasteiger partial charge in [-0.1, -0.05) is 39.8 Å². The Hall–Kier alpha value is -2.24. The van der Waals surface area contributed by atoms with Crippen LogP contribution in [0.4, 0.5) is 11.4 Å². The van der Waals surface area contributed by atoms with Crippen LogP contribution < -0.4 is 14.8 Å². The first-order valence-electron chi connectivity index (χ1n) is 9.94. The van der Waals surface area contributed by atoms with E-state index in [1.807, 2.05) is 48.5 Å². The summed E-state index contributed by atoms with van der Waals surface area (Å²) in [5, 5.41) is 3.42. The molecule has 160 valence electrons. The first-order chi connectivity index (χ1) is 13.7. The summed E-state index contributed by atoms with van der Waals surface area (Å²) in [4.78, 5) is 0. The van der Waals surface area contributed by atoms with E-state index in [1.165, 1.54) is 0 Å². The van der Waals surface area contributed by atoms with Crippen molar-refractivity contribution in [2.75, 3.05) is 46.0 Å². The van der Waals surface area contributed by atoms with Gasteiger partial charge in [-0.05, 0) is 24.3 Å². The Morgan fingerprint density at radius 2 is 1.07 bits per heavy atom. The molecule has 0 saturated carbocycles. The summed E-state index contributed by atoms with van der Waals surface area (Å²) in [7, 11) is 3.42. The van der Waals surface area contributed by atoms with Gasteiger partial charge in [-0.25, -0.2) is 0 Å².